The van der Waals surface area contributed by atoms with Gasteiger partial charge in [0.05, 0.1) is 30.1 Å². The van der Waals surface area contributed by atoms with Gasteiger partial charge in [-0.2, -0.15) is 0 Å². The van der Waals surface area contributed by atoms with Crippen molar-refractivity contribution in [2.75, 3.05) is 37.9 Å². The van der Waals surface area contributed by atoms with Gasteiger partial charge in [0.15, 0.2) is 0 Å². The van der Waals surface area contributed by atoms with Crippen molar-refractivity contribution in [2.24, 2.45) is 5.92 Å². The van der Waals surface area contributed by atoms with Crippen LogP contribution in [0.4, 0.5) is 14.5 Å². The molecule has 3 aromatic rings. The van der Waals surface area contributed by atoms with Gasteiger partial charge in [-0.3, -0.25) is 18.7 Å². The lowest BCUT2D eigenvalue weighted by Crippen LogP contribution is -2.50. The third-order valence-electron chi connectivity index (χ3n) is 7.71. The van der Waals surface area contributed by atoms with Crippen LogP contribution in [0.25, 0.3) is 0 Å². The van der Waals surface area contributed by atoms with Gasteiger partial charge in [0, 0.05) is 56.4 Å². The van der Waals surface area contributed by atoms with Gasteiger partial charge >= 0.3 is 0 Å². The number of rotatable bonds is 17. The number of aliphatic hydroxyl groups is 1. The topological polar surface area (TPSA) is 163 Å². The van der Waals surface area contributed by atoms with Gasteiger partial charge in [-0.15, -0.1) is 0 Å². The number of amides is 3. The number of anilines is 1. The number of methoxy groups -OCH3 is 1. The number of ether oxygens (including phenoxy) is 2. The Hall–Kier alpha value is -4.60. The number of hydrogen-bond donors (Lipinski definition) is 4. The number of carbonyl (C=O) groups is 3. The largest absolute Gasteiger partial charge is 0.491 e. The van der Waals surface area contributed by atoms with Gasteiger partial charge in [0.1, 0.15) is 30.1 Å². The quantitative estimate of drug-likeness (QED) is 0.165. The lowest BCUT2D eigenvalue weighted by Gasteiger charge is -2.27. The Morgan fingerprint density at radius 1 is 0.900 bits per heavy atom. The van der Waals surface area contributed by atoms with Crippen molar-refractivity contribution in [2.45, 2.75) is 51.5 Å². The van der Waals surface area contributed by atoms with Crippen molar-refractivity contribution in [1.29, 1.82) is 0 Å². The molecule has 0 aliphatic heterocycles. The molecule has 0 bridgehead atoms. The third-order valence-corrected chi connectivity index (χ3v) is 8.92. The summed E-state index contributed by atoms with van der Waals surface area (Å²) < 4.78 is 64.3. The smallest absolute Gasteiger partial charge is 0.251 e. The van der Waals surface area contributed by atoms with Gasteiger partial charge in [0.25, 0.3) is 11.8 Å². The van der Waals surface area contributed by atoms with Crippen molar-refractivity contribution in [1.82, 2.24) is 16.0 Å². The van der Waals surface area contributed by atoms with Crippen LogP contribution in [-0.4, -0.2) is 83.1 Å². The molecule has 0 heterocycles. The van der Waals surface area contributed by atoms with Crippen LogP contribution in [0.15, 0.2) is 66.7 Å². The molecule has 3 rings (SSSR count). The fourth-order valence-electron chi connectivity index (χ4n) is 4.76. The summed E-state index contributed by atoms with van der Waals surface area (Å²) in [4.78, 5) is 39.9. The molecule has 12 nitrogen and oxygen atoms in total. The summed E-state index contributed by atoms with van der Waals surface area (Å²) in [5.41, 5.74) is 0.631. The van der Waals surface area contributed by atoms with Crippen LogP contribution in [0.3, 0.4) is 0 Å². The molecular formula is C35H44F2N4O8S. The molecule has 0 aliphatic rings. The van der Waals surface area contributed by atoms with Gasteiger partial charge < -0.3 is 30.5 Å². The highest BCUT2D eigenvalue weighted by Crippen LogP contribution is 2.23. The lowest BCUT2D eigenvalue weighted by molar-refractivity contribution is -0.133. The molecule has 0 spiro atoms. The van der Waals surface area contributed by atoms with E-state index in [1.807, 2.05) is 44.2 Å². The minimum atomic E-state index is -3.83. The standard InChI is InChI=1S/C35H44F2N4O8S/c1-21(2)19-38-35(45)32(48-5)18-31(42)30(20-49-29-16-26(36)15-27(37)17-29)40-34(44)25-12-24(13-28(14-25)41(4)50(6,46)47)33(43)39-22(3)23-10-8-7-9-11-23/h7-17,21-22,30-32,42H,18-20H2,1-6H3,(H,38,45)(H,39,43)(H,40,44)/t22-,30+,31+,32-/m1/s1. The Labute approximate surface area is 291 Å². The van der Waals surface area contributed by atoms with Gasteiger partial charge in [0.2, 0.25) is 15.9 Å². The van der Waals surface area contributed by atoms with Crippen molar-refractivity contribution in [3.8, 4) is 5.75 Å². The summed E-state index contributed by atoms with van der Waals surface area (Å²) >= 11 is 0. The van der Waals surface area contributed by atoms with Crippen LogP contribution in [0.1, 0.15) is 59.5 Å². The molecule has 3 aromatic carbocycles. The van der Waals surface area contributed by atoms with Crippen LogP contribution < -0.4 is 25.0 Å². The van der Waals surface area contributed by atoms with Crippen LogP contribution >= 0.6 is 0 Å². The van der Waals surface area contributed by atoms with Crippen LogP contribution in [-0.2, 0) is 19.6 Å². The molecule has 4 atom stereocenters. The molecule has 15 heteroatoms. The van der Waals surface area contributed by atoms with Crippen molar-refractivity contribution < 1.29 is 46.2 Å². The number of nitrogens with zero attached hydrogens (tertiary/aromatic N) is 1. The highest BCUT2D eigenvalue weighted by molar-refractivity contribution is 7.92. The Bertz CT molecular complexity index is 1720. The molecule has 0 saturated carbocycles. The number of halogens is 2. The van der Waals surface area contributed by atoms with E-state index in [1.165, 1.54) is 32.4 Å². The molecule has 272 valence electrons. The van der Waals surface area contributed by atoms with Crippen LogP contribution in [0, 0.1) is 17.6 Å². The minimum absolute atomic E-state index is 0.00233. The van der Waals surface area contributed by atoms with E-state index in [4.69, 9.17) is 9.47 Å². The molecule has 50 heavy (non-hydrogen) atoms. The second-order valence-electron chi connectivity index (χ2n) is 12.3. The van der Waals surface area contributed by atoms with E-state index >= 15 is 0 Å². The average Bonchev–Trinajstić information content (AvgIpc) is 3.06. The zero-order valence-electron chi connectivity index (χ0n) is 28.8. The Morgan fingerprint density at radius 2 is 1.48 bits per heavy atom. The van der Waals surface area contributed by atoms with Gasteiger partial charge in [-0.05, 0) is 36.6 Å². The summed E-state index contributed by atoms with van der Waals surface area (Å²) in [6.07, 6.45) is -1.99. The second-order valence-corrected chi connectivity index (χ2v) is 14.3. The summed E-state index contributed by atoms with van der Waals surface area (Å²) in [5.74, 6) is -3.87. The zero-order valence-corrected chi connectivity index (χ0v) is 29.6. The molecule has 0 fully saturated rings. The number of nitrogens with one attached hydrogen (secondary N) is 3. The fourth-order valence-corrected chi connectivity index (χ4v) is 5.25. The average molecular weight is 719 g/mol. The SMILES string of the molecule is CO[C@H](C[C@H](O)[C@H](COc1cc(F)cc(F)c1)NC(=O)c1cc(C(=O)N[C@H](C)c2ccccc2)cc(N(C)S(C)(=O)=O)c1)C(=O)NCC(C)C. The number of sulfonamides is 1. The van der Waals surface area contributed by atoms with Crippen LogP contribution in [0.5, 0.6) is 5.75 Å². The third kappa shape index (κ3) is 11.8. The highest BCUT2D eigenvalue weighted by atomic mass is 32.2. The number of carbonyl (C=O) groups excluding carboxylic acids is 3. The molecule has 4 N–H and O–H groups in total. The van der Waals surface area contributed by atoms with E-state index in [1.54, 1.807) is 6.92 Å². The molecule has 0 aromatic heterocycles. The van der Waals surface area contributed by atoms with Crippen molar-refractivity contribution in [3.63, 3.8) is 0 Å². The fraction of sp³-hybridized carbons (Fsp3) is 0.400. The van der Waals surface area contributed by atoms with Gasteiger partial charge in [-0.25, -0.2) is 17.2 Å². The maximum Gasteiger partial charge on any atom is 0.251 e. The summed E-state index contributed by atoms with van der Waals surface area (Å²) in [5, 5.41) is 19.4. The molecule has 0 aliphatic carbocycles. The number of hydrogen-bond acceptors (Lipinski definition) is 8. The molecule has 0 unspecified atom stereocenters. The van der Waals surface area contributed by atoms with Gasteiger partial charge in [-0.1, -0.05) is 44.2 Å². The van der Waals surface area contributed by atoms with E-state index in [0.717, 1.165) is 28.3 Å². The van der Waals surface area contributed by atoms with Crippen molar-refractivity contribution >= 4 is 33.4 Å². The first-order chi connectivity index (χ1) is 23.5. The first-order valence-corrected chi connectivity index (χ1v) is 17.7. The Kier molecular flexibility index (Phi) is 14.2. The number of aliphatic hydroxyl groups excluding tert-OH is 1. The number of benzene rings is 3. The minimum Gasteiger partial charge on any atom is -0.491 e. The lowest BCUT2D eigenvalue weighted by atomic mass is 10.0. The second kappa shape index (κ2) is 17.9. The Morgan fingerprint density at radius 3 is 2.02 bits per heavy atom. The summed E-state index contributed by atoms with van der Waals surface area (Å²) in [6.45, 7) is 5.40. The first-order valence-electron chi connectivity index (χ1n) is 15.8. The maximum absolute atomic E-state index is 13.9. The predicted molar refractivity (Wildman–Crippen MR) is 184 cm³/mol. The van der Waals surface area contributed by atoms with E-state index in [9.17, 15) is 36.7 Å². The monoisotopic (exact) mass is 718 g/mol. The molecular weight excluding hydrogens is 674 g/mol. The van der Waals surface area contributed by atoms with E-state index < -0.39 is 70.3 Å². The molecule has 3 amide bonds. The highest BCUT2D eigenvalue weighted by Gasteiger charge is 2.30. The molecule has 0 saturated heterocycles. The zero-order chi connectivity index (χ0) is 37.2. The molecule has 0 radical (unpaired) electrons. The maximum atomic E-state index is 13.9. The van der Waals surface area contributed by atoms with Crippen molar-refractivity contribution in [3.05, 3.63) is 95.1 Å². The van der Waals surface area contributed by atoms with E-state index in [2.05, 4.69) is 16.0 Å². The summed E-state index contributed by atoms with van der Waals surface area (Å²) in [6, 6.07) is 13.7. The summed E-state index contributed by atoms with van der Waals surface area (Å²) in [7, 11) is -1.29. The van der Waals surface area contributed by atoms with E-state index in [0.29, 0.717) is 12.6 Å². The first kappa shape index (κ1) is 39.8. The predicted octanol–water partition coefficient (Wildman–Crippen LogP) is 3.57. The Balaban J connectivity index is 1.95. The van der Waals surface area contributed by atoms with Crippen LogP contribution in [0.2, 0.25) is 0 Å². The normalized spacial score (nSPS) is 13.9. The van der Waals surface area contributed by atoms with E-state index in [-0.39, 0.29) is 34.9 Å².